The van der Waals surface area contributed by atoms with Gasteiger partial charge in [-0.25, -0.2) is 4.98 Å². The summed E-state index contributed by atoms with van der Waals surface area (Å²) < 4.78 is 27.3. The van der Waals surface area contributed by atoms with Crippen molar-refractivity contribution in [2.75, 3.05) is 13.2 Å². The second-order valence-corrected chi connectivity index (χ2v) is 8.03. The van der Waals surface area contributed by atoms with Crippen LogP contribution >= 0.6 is 15.2 Å². The summed E-state index contributed by atoms with van der Waals surface area (Å²) in [6, 6.07) is 5.21. The molecule has 21 heavy (non-hydrogen) atoms. The molecular weight excluding hydrogens is 322 g/mol. The highest BCUT2D eigenvalue weighted by Crippen LogP contribution is 2.58. The number of rotatable bonds is 9. The fourth-order valence-electron chi connectivity index (χ4n) is 1.50. The molecule has 0 aliphatic carbocycles. The number of pyridine rings is 1. The van der Waals surface area contributed by atoms with Gasteiger partial charge in [-0.05, 0) is 25.5 Å². The Hall–Kier alpha value is -0.790. The Labute approximate surface area is 121 Å². The van der Waals surface area contributed by atoms with E-state index in [-0.39, 0.29) is 6.54 Å². The van der Waals surface area contributed by atoms with Crippen molar-refractivity contribution in [1.29, 1.82) is 0 Å². The molecular formula is C10H18N2O7P2. The van der Waals surface area contributed by atoms with Crippen molar-refractivity contribution in [3.05, 3.63) is 24.4 Å². The molecule has 0 aliphatic rings. The van der Waals surface area contributed by atoms with Crippen LogP contribution in [0.2, 0.25) is 0 Å². The first-order valence-corrected chi connectivity index (χ1v) is 9.45. The molecule has 0 spiro atoms. The van der Waals surface area contributed by atoms with Gasteiger partial charge in [0.25, 0.3) is 0 Å². The largest absolute Gasteiger partial charge is 0.478 e. The van der Waals surface area contributed by atoms with E-state index in [2.05, 4.69) is 10.3 Å². The molecule has 0 amide bonds. The highest BCUT2D eigenvalue weighted by molar-refractivity contribution is 7.70. The first kappa shape index (κ1) is 18.3. The molecule has 5 N–H and O–H groups in total. The monoisotopic (exact) mass is 340 g/mol. The minimum Gasteiger partial charge on any atom is -0.478 e. The van der Waals surface area contributed by atoms with Crippen LogP contribution in [0.25, 0.3) is 0 Å². The van der Waals surface area contributed by atoms with Gasteiger partial charge in [0.15, 0.2) is 0 Å². The summed E-state index contributed by atoms with van der Waals surface area (Å²) in [6.45, 7) is 0.391. The summed E-state index contributed by atoms with van der Waals surface area (Å²) in [4.78, 5) is 39.5. The van der Waals surface area contributed by atoms with Gasteiger partial charge in [0.1, 0.15) is 0 Å². The number of nitrogens with zero attached hydrogens (tertiary/aromatic N) is 1. The Kier molecular flexibility index (Phi) is 6.96. The van der Waals surface area contributed by atoms with Crippen molar-refractivity contribution in [2.24, 2.45) is 0 Å². The van der Waals surface area contributed by atoms with Gasteiger partial charge in [0, 0.05) is 12.3 Å². The SMILES string of the molecule is O=P(O)(O)C(NCCCCOc1ccccn1)P(=O)(O)O. The highest BCUT2D eigenvalue weighted by atomic mass is 31.2. The number of hydrogen-bond acceptors (Lipinski definition) is 5. The van der Waals surface area contributed by atoms with E-state index in [4.69, 9.17) is 24.3 Å². The van der Waals surface area contributed by atoms with E-state index in [1.54, 1.807) is 24.4 Å². The van der Waals surface area contributed by atoms with E-state index < -0.39 is 20.7 Å². The molecule has 0 fully saturated rings. The highest BCUT2D eigenvalue weighted by Gasteiger charge is 2.42. The van der Waals surface area contributed by atoms with E-state index in [0.29, 0.717) is 25.3 Å². The van der Waals surface area contributed by atoms with Gasteiger partial charge in [-0.3, -0.25) is 14.4 Å². The molecule has 0 bridgehead atoms. The molecule has 1 aromatic heterocycles. The fourth-order valence-corrected chi connectivity index (χ4v) is 3.80. The second kappa shape index (κ2) is 8.00. The number of aromatic nitrogens is 1. The van der Waals surface area contributed by atoms with Gasteiger partial charge in [-0.1, -0.05) is 6.07 Å². The smallest absolute Gasteiger partial charge is 0.354 e. The molecule has 0 saturated heterocycles. The van der Waals surface area contributed by atoms with Crippen LogP contribution in [0.5, 0.6) is 5.88 Å². The van der Waals surface area contributed by atoms with E-state index >= 15 is 0 Å². The van der Waals surface area contributed by atoms with Crippen LogP contribution in [0.4, 0.5) is 0 Å². The summed E-state index contributed by atoms with van der Waals surface area (Å²) in [7, 11) is -9.83. The van der Waals surface area contributed by atoms with Crippen molar-refractivity contribution in [2.45, 2.75) is 18.4 Å². The van der Waals surface area contributed by atoms with E-state index in [1.807, 2.05) is 0 Å². The predicted molar refractivity (Wildman–Crippen MR) is 74.8 cm³/mol. The Morgan fingerprint density at radius 3 is 2.33 bits per heavy atom. The summed E-state index contributed by atoms with van der Waals surface area (Å²) in [5.74, 6) is 0.466. The molecule has 0 aliphatic heterocycles. The minimum absolute atomic E-state index is 0.0481. The topological polar surface area (TPSA) is 149 Å². The Bertz CT molecular complexity index is 493. The van der Waals surface area contributed by atoms with Crippen LogP contribution in [0.1, 0.15) is 12.8 Å². The lowest BCUT2D eigenvalue weighted by Gasteiger charge is -2.20. The molecule has 0 aromatic carbocycles. The minimum atomic E-state index is -4.92. The average Bonchev–Trinajstić information content (AvgIpc) is 2.35. The number of hydrogen-bond donors (Lipinski definition) is 5. The zero-order chi connectivity index (χ0) is 15.9. The third kappa shape index (κ3) is 7.15. The summed E-state index contributed by atoms with van der Waals surface area (Å²) in [5, 5.41) is 2.20. The number of nitrogens with one attached hydrogen (secondary N) is 1. The summed E-state index contributed by atoms with van der Waals surface area (Å²) >= 11 is 0. The van der Waals surface area contributed by atoms with Crippen LogP contribution in [-0.4, -0.2) is 43.2 Å². The summed E-state index contributed by atoms with van der Waals surface area (Å²) in [6.07, 6.45) is 2.56. The number of ether oxygens (including phenoxy) is 1. The quantitative estimate of drug-likeness (QED) is 0.319. The van der Waals surface area contributed by atoms with Crippen molar-refractivity contribution < 1.29 is 33.4 Å². The van der Waals surface area contributed by atoms with Gasteiger partial charge >= 0.3 is 15.2 Å². The Balaban J connectivity index is 2.26. The van der Waals surface area contributed by atoms with Gasteiger partial charge < -0.3 is 24.3 Å². The second-order valence-electron chi connectivity index (χ2n) is 4.23. The van der Waals surface area contributed by atoms with Crippen molar-refractivity contribution in [3.63, 3.8) is 0 Å². The maximum Gasteiger partial charge on any atom is 0.354 e. The molecule has 0 saturated carbocycles. The van der Waals surface area contributed by atoms with Gasteiger partial charge in [0.2, 0.25) is 11.4 Å². The molecule has 120 valence electrons. The lowest BCUT2D eigenvalue weighted by Crippen LogP contribution is -2.30. The van der Waals surface area contributed by atoms with Crippen LogP contribution in [0, 0.1) is 0 Å². The molecule has 1 heterocycles. The molecule has 9 nitrogen and oxygen atoms in total. The molecule has 0 atom stereocenters. The van der Waals surface area contributed by atoms with E-state index in [0.717, 1.165) is 0 Å². The first-order valence-electron chi connectivity index (χ1n) is 6.09. The Morgan fingerprint density at radius 2 is 1.81 bits per heavy atom. The maximum absolute atomic E-state index is 11.0. The van der Waals surface area contributed by atoms with Gasteiger partial charge in [-0.15, -0.1) is 0 Å². The zero-order valence-electron chi connectivity index (χ0n) is 11.1. The predicted octanol–water partition coefficient (Wildman–Crippen LogP) is 0.469. The molecule has 11 heteroatoms. The third-order valence-corrected chi connectivity index (χ3v) is 5.87. The van der Waals surface area contributed by atoms with Crippen LogP contribution < -0.4 is 10.1 Å². The van der Waals surface area contributed by atoms with Crippen LogP contribution in [-0.2, 0) is 9.13 Å². The molecule has 1 rings (SSSR count). The van der Waals surface area contributed by atoms with E-state index in [1.165, 1.54) is 0 Å². The first-order chi connectivity index (χ1) is 9.71. The van der Waals surface area contributed by atoms with E-state index in [9.17, 15) is 9.13 Å². The average molecular weight is 340 g/mol. The Morgan fingerprint density at radius 1 is 1.14 bits per heavy atom. The van der Waals surface area contributed by atoms with Gasteiger partial charge in [0.05, 0.1) is 6.61 Å². The standard InChI is InChI=1S/C10H18N2O7P2/c13-20(14,15)10(21(16,17)18)12-7-3-4-8-19-9-5-1-2-6-11-9/h1-2,5-6,10,12H,3-4,7-8H2,(H2,13,14,15)(H2,16,17,18). The maximum atomic E-state index is 11.0. The molecule has 0 unspecified atom stereocenters. The fraction of sp³-hybridized carbons (Fsp3) is 0.500. The molecule has 1 aromatic rings. The van der Waals surface area contributed by atoms with Crippen LogP contribution in [0.3, 0.4) is 0 Å². The van der Waals surface area contributed by atoms with Crippen molar-refractivity contribution >= 4 is 15.2 Å². The van der Waals surface area contributed by atoms with Crippen LogP contribution in [0.15, 0.2) is 24.4 Å². The lowest BCUT2D eigenvalue weighted by atomic mass is 10.3. The summed E-state index contributed by atoms with van der Waals surface area (Å²) in [5.41, 5.74) is -2.17. The van der Waals surface area contributed by atoms with Crippen molar-refractivity contribution in [1.82, 2.24) is 10.3 Å². The molecule has 0 radical (unpaired) electrons. The van der Waals surface area contributed by atoms with Crippen molar-refractivity contribution in [3.8, 4) is 5.88 Å². The number of unbranched alkanes of at least 4 members (excludes halogenated alkanes) is 1. The van der Waals surface area contributed by atoms with Gasteiger partial charge in [-0.2, -0.15) is 0 Å². The normalized spacial score (nSPS) is 12.6. The lowest BCUT2D eigenvalue weighted by molar-refractivity contribution is 0.293. The zero-order valence-corrected chi connectivity index (χ0v) is 12.9. The third-order valence-electron chi connectivity index (χ3n) is 2.42.